The lowest BCUT2D eigenvalue weighted by Crippen LogP contribution is -2.50. The highest BCUT2D eigenvalue weighted by Crippen LogP contribution is 2.20. The molecule has 4 nitrogen and oxygen atoms in total. The fraction of sp³-hybridized carbons (Fsp3) is 0.278. The Balaban J connectivity index is 0.00000288. The molecule has 0 aromatic heterocycles. The highest BCUT2D eigenvalue weighted by molar-refractivity contribution is 9.10. The highest BCUT2D eigenvalue weighted by Gasteiger charge is 2.30. The third kappa shape index (κ3) is 6.51. The summed E-state index contributed by atoms with van der Waals surface area (Å²) in [5.41, 5.74) is 7.07. The fourth-order valence-corrected chi connectivity index (χ4v) is 2.52. The van der Waals surface area contributed by atoms with Gasteiger partial charge in [-0.15, -0.1) is 24.8 Å². The SMILES string of the molecule is CN(CCNC(=O)C(C)(N)c1ccc(Br)cc1)c1ccccc1.Cl.Cl. The normalized spacial score (nSPS) is 12.2. The first-order valence-corrected chi connectivity index (χ1v) is 8.30. The van der Waals surface area contributed by atoms with Gasteiger partial charge >= 0.3 is 0 Å². The molecule has 2 rings (SSSR count). The van der Waals surface area contributed by atoms with Gasteiger partial charge in [0.15, 0.2) is 0 Å². The maximum Gasteiger partial charge on any atom is 0.244 e. The second-order valence-electron chi connectivity index (χ2n) is 5.72. The first-order chi connectivity index (χ1) is 10.9. The van der Waals surface area contributed by atoms with Crippen LogP contribution in [0.1, 0.15) is 12.5 Å². The van der Waals surface area contributed by atoms with E-state index >= 15 is 0 Å². The number of halogens is 3. The van der Waals surface area contributed by atoms with E-state index in [1.165, 1.54) is 0 Å². The molecule has 0 aliphatic carbocycles. The van der Waals surface area contributed by atoms with Gasteiger partial charge in [0.2, 0.25) is 5.91 Å². The Morgan fingerprint density at radius 1 is 1.12 bits per heavy atom. The summed E-state index contributed by atoms with van der Waals surface area (Å²) < 4.78 is 0.960. The van der Waals surface area contributed by atoms with Crippen molar-refractivity contribution >= 4 is 52.3 Å². The first kappa shape index (κ1) is 23.7. The summed E-state index contributed by atoms with van der Waals surface area (Å²) in [5.74, 6) is -0.179. The Hall–Kier alpha value is -1.27. The number of likely N-dealkylation sites (N-methyl/N-ethyl adjacent to an activating group) is 1. The van der Waals surface area contributed by atoms with Crippen LogP contribution in [0.15, 0.2) is 59.1 Å². The van der Waals surface area contributed by atoms with Crippen LogP contribution in [-0.4, -0.2) is 26.0 Å². The maximum absolute atomic E-state index is 12.4. The molecule has 1 unspecified atom stereocenters. The van der Waals surface area contributed by atoms with Gasteiger partial charge in [-0.1, -0.05) is 46.3 Å². The quantitative estimate of drug-likeness (QED) is 0.707. The van der Waals surface area contributed by atoms with Crippen molar-refractivity contribution in [2.24, 2.45) is 5.73 Å². The first-order valence-electron chi connectivity index (χ1n) is 7.50. The molecule has 138 valence electrons. The average Bonchev–Trinajstić information content (AvgIpc) is 2.55. The van der Waals surface area contributed by atoms with Crippen LogP contribution in [0.5, 0.6) is 0 Å². The molecule has 0 heterocycles. The number of rotatable bonds is 6. The lowest BCUT2D eigenvalue weighted by atomic mass is 9.92. The predicted molar refractivity (Wildman–Crippen MR) is 113 cm³/mol. The van der Waals surface area contributed by atoms with E-state index in [2.05, 4.69) is 26.1 Å². The Labute approximate surface area is 170 Å². The average molecular weight is 449 g/mol. The Morgan fingerprint density at radius 3 is 2.24 bits per heavy atom. The number of nitrogens with zero attached hydrogens (tertiary/aromatic N) is 1. The molecule has 25 heavy (non-hydrogen) atoms. The number of nitrogens with one attached hydrogen (secondary N) is 1. The Morgan fingerprint density at radius 2 is 1.68 bits per heavy atom. The Bertz CT molecular complexity index is 651. The van der Waals surface area contributed by atoms with Crippen molar-refractivity contribution in [3.05, 3.63) is 64.6 Å². The number of carbonyl (C=O) groups excluding carboxylic acids is 1. The molecule has 0 radical (unpaired) electrons. The summed E-state index contributed by atoms with van der Waals surface area (Å²) in [6.07, 6.45) is 0. The van der Waals surface area contributed by atoms with Crippen molar-refractivity contribution < 1.29 is 4.79 Å². The van der Waals surface area contributed by atoms with Gasteiger partial charge in [0.05, 0.1) is 0 Å². The number of nitrogens with two attached hydrogens (primary N) is 1. The molecule has 1 atom stereocenters. The molecule has 7 heteroatoms. The molecule has 0 fully saturated rings. The summed E-state index contributed by atoms with van der Waals surface area (Å²) in [7, 11) is 2.00. The van der Waals surface area contributed by atoms with Crippen molar-refractivity contribution in [2.45, 2.75) is 12.5 Å². The van der Waals surface area contributed by atoms with E-state index in [1.54, 1.807) is 6.92 Å². The van der Waals surface area contributed by atoms with Crippen LogP contribution in [0.2, 0.25) is 0 Å². The molecule has 2 aromatic rings. The van der Waals surface area contributed by atoms with Gasteiger partial charge in [0.1, 0.15) is 5.54 Å². The smallest absolute Gasteiger partial charge is 0.244 e. The van der Waals surface area contributed by atoms with E-state index in [-0.39, 0.29) is 30.7 Å². The standard InChI is InChI=1S/C18H22BrN3O.2ClH/c1-18(20,14-8-10-15(19)11-9-14)17(23)21-12-13-22(2)16-6-4-3-5-7-16;;/h3-11H,12-13,20H2,1-2H3,(H,21,23);2*1H. The van der Waals surface area contributed by atoms with Crippen LogP contribution in [0, 0.1) is 0 Å². The van der Waals surface area contributed by atoms with Gasteiger partial charge in [-0.05, 0) is 36.8 Å². The molecule has 3 N–H and O–H groups in total. The highest BCUT2D eigenvalue weighted by atomic mass is 79.9. The van der Waals surface area contributed by atoms with E-state index in [0.29, 0.717) is 13.1 Å². The van der Waals surface area contributed by atoms with Gasteiger partial charge in [0, 0.05) is 30.3 Å². The van der Waals surface area contributed by atoms with E-state index < -0.39 is 5.54 Å². The Kier molecular flexibility index (Phi) is 10.1. The third-order valence-corrected chi connectivity index (χ3v) is 4.37. The van der Waals surface area contributed by atoms with Crippen LogP contribution < -0.4 is 16.0 Å². The zero-order chi connectivity index (χ0) is 16.9. The van der Waals surface area contributed by atoms with Crippen molar-refractivity contribution in [2.75, 3.05) is 25.0 Å². The monoisotopic (exact) mass is 447 g/mol. The van der Waals surface area contributed by atoms with Crippen molar-refractivity contribution in [1.82, 2.24) is 5.32 Å². The van der Waals surface area contributed by atoms with E-state index in [0.717, 1.165) is 15.7 Å². The molecular weight excluding hydrogens is 425 g/mol. The number of benzene rings is 2. The second kappa shape index (κ2) is 10.7. The lowest BCUT2D eigenvalue weighted by molar-refractivity contribution is -0.126. The molecular formula is C18H24BrCl2N3O. The van der Waals surface area contributed by atoms with Gasteiger partial charge in [-0.3, -0.25) is 4.79 Å². The fourth-order valence-electron chi connectivity index (χ4n) is 2.26. The molecule has 0 spiro atoms. The topological polar surface area (TPSA) is 58.4 Å². The minimum absolute atomic E-state index is 0. The number of carbonyl (C=O) groups is 1. The van der Waals surface area contributed by atoms with Crippen LogP contribution in [0.4, 0.5) is 5.69 Å². The molecule has 0 saturated carbocycles. The molecule has 0 aliphatic heterocycles. The minimum Gasteiger partial charge on any atom is -0.373 e. The van der Waals surface area contributed by atoms with Crippen LogP contribution >= 0.6 is 40.7 Å². The lowest BCUT2D eigenvalue weighted by Gasteiger charge is -2.25. The number of anilines is 1. The third-order valence-electron chi connectivity index (χ3n) is 3.85. The maximum atomic E-state index is 12.4. The number of amides is 1. The van der Waals surface area contributed by atoms with Crippen molar-refractivity contribution in [1.29, 1.82) is 0 Å². The van der Waals surface area contributed by atoms with Gasteiger partial charge in [-0.25, -0.2) is 0 Å². The minimum atomic E-state index is -1.05. The zero-order valence-electron chi connectivity index (χ0n) is 14.2. The van der Waals surface area contributed by atoms with Gasteiger partial charge < -0.3 is 16.0 Å². The number of para-hydroxylation sites is 1. The second-order valence-corrected chi connectivity index (χ2v) is 6.64. The molecule has 0 bridgehead atoms. The summed E-state index contributed by atoms with van der Waals surface area (Å²) in [5, 5.41) is 2.92. The van der Waals surface area contributed by atoms with E-state index in [4.69, 9.17) is 5.73 Å². The molecule has 0 aliphatic rings. The molecule has 0 saturated heterocycles. The predicted octanol–water partition coefficient (Wildman–Crippen LogP) is 3.72. The van der Waals surface area contributed by atoms with Crippen LogP contribution in [0.3, 0.4) is 0 Å². The number of hydrogen-bond donors (Lipinski definition) is 2. The van der Waals surface area contributed by atoms with Gasteiger partial charge in [-0.2, -0.15) is 0 Å². The van der Waals surface area contributed by atoms with Crippen molar-refractivity contribution in [3.63, 3.8) is 0 Å². The summed E-state index contributed by atoms with van der Waals surface area (Å²) in [4.78, 5) is 14.5. The number of hydrogen-bond acceptors (Lipinski definition) is 3. The van der Waals surface area contributed by atoms with Gasteiger partial charge in [0.25, 0.3) is 0 Å². The van der Waals surface area contributed by atoms with Crippen molar-refractivity contribution in [3.8, 4) is 0 Å². The summed E-state index contributed by atoms with van der Waals surface area (Å²) >= 11 is 3.38. The zero-order valence-corrected chi connectivity index (χ0v) is 17.5. The van der Waals surface area contributed by atoms with E-state index in [9.17, 15) is 4.79 Å². The summed E-state index contributed by atoms with van der Waals surface area (Å²) in [6.45, 7) is 2.98. The summed E-state index contributed by atoms with van der Waals surface area (Å²) in [6, 6.07) is 17.5. The molecule has 1 amide bonds. The van der Waals surface area contributed by atoms with Crippen LogP contribution in [-0.2, 0) is 10.3 Å². The molecule has 2 aromatic carbocycles. The van der Waals surface area contributed by atoms with E-state index in [1.807, 2.05) is 61.6 Å². The van der Waals surface area contributed by atoms with Crippen LogP contribution in [0.25, 0.3) is 0 Å². The largest absolute Gasteiger partial charge is 0.373 e.